The average Bonchev–Trinajstić information content (AvgIpc) is 2.28. The lowest BCUT2D eigenvalue weighted by Gasteiger charge is -2.21. The first-order valence-corrected chi connectivity index (χ1v) is 6.70. The maximum absolute atomic E-state index is 11.4. The van der Waals surface area contributed by atoms with E-state index < -0.39 is 0 Å². The summed E-state index contributed by atoms with van der Waals surface area (Å²) in [5.74, 6) is 1.01. The van der Waals surface area contributed by atoms with Gasteiger partial charge in [0, 0.05) is 19.0 Å². The van der Waals surface area contributed by atoms with E-state index in [4.69, 9.17) is 5.73 Å². The normalized spacial score (nSPS) is 18.2. The number of hydrogen-bond donors (Lipinski definition) is 2. The van der Waals surface area contributed by atoms with Crippen LogP contribution in [0.2, 0.25) is 0 Å². The number of halogens is 1. The first-order chi connectivity index (χ1) is 7.68. The summed E-state index contributed by atoms with van der Waals surface area (Å²) in [4.78, 5) is 11.4. The van der Waals surface area contributed by atoms with Crippen LogP contribution in [0.3, 0.4) is 0 Å². The summed E-state index contributed by atoms with van der Waals surface area (Å²) in [5.41, 5.74) is 5.61. The monoisotopic (exact) mass is 262 g/mol. The molecule has 4 heteroatoms. The lowest BCUT2D eigenvalue weighted by molar-refractivity contribution is -0.121. The van der Waals surface area contributed by atoms with Crippen molar-refractivity contribution in [2.75, 3.05) is 6.54 Å². The van der Waals surface area contributed by atoms with E-state index in [1.807, 2.05) is 6.92 Å². The molecule has 3 nitrogen and oxygen atoms in total. The second-order valence-corrected chi connectivity index (χ2v) is 5.16. The van der Waals surface area contributed by atoms with Gasteiger partial charge in [0.15, 0.2) is 0 Å². The number of hydrogen-bond acceptors (Lipinski definition) is 2. The summed E-state index contributed by atoms with van der Waals surface area (Å²) in [6.07, 6.45) is 9.39. The fraction of sp³-hybridized carbons (Fsp3) is 0.923. The van der Waals surface area contributed by atoms with Crippen molar-refractivity contribution in [1.82, 2.24) is 5.32 Å². The lowest BCUT2D eigenvalue weighted by atomic mass is 9.87. The first kappa shape index (κ1) is 16.7. The van der Waals surface area contributed by atoms with Gasteiger partial charge in [-0.3, -0.25) is 4.79 Å². The molecule has 1 aliphatic carbocycles. The first-order valence-electron chi connectivity index (χ1n) is 6.70. The molecule has 1 saturated carbocycles. The zero-order valence-corrected chi connectivity index (χ0v) is 11.7. The topological polar surface area (TPSA) is 55.1 Å². The van der Waals surface area contributed by atoms with Crippen LogP contribution in [-0.4, -0.2) is 18.5 Å². The van der Waals surface area contributed by atoms with Crippen LogP contribution in [0.5, 0.6) is 0 Å². The molecule has 0 spiro atoms. The average molecular weight is 263 g/mol. The summed E-state index contributed by atoms with van der Waals surface area (Å²) in [6.45, 7) is 2.79. The van der Waals surface area contributed by atoms with Crippen molar-refractivity contribution >= 4 is 18.3 Å². The molecule has 3 N–H and O–H groups in total. The van der Waals surface area contributed by atoms with Crippen molar-refractivity contribution in [1.29, 1.82) is 0 Å². The van der Waals surface area contributed by atoms with Crippen molar-refractivity contribution in [2.45, 2.75) is 64.3 Å². The Hall–Kier alpha value is -0.280. The van der Waals surface area contributed by atoms with Crippen molar-refractivity contribution < 1.29 is 4.79 Å². The summed E-state index contributed by atoms with van der Waals surface area (Å²) in [6, 6.07) is 0.129. The zero-order chi connectivity index (χ0) is 11.8. The smallest absolute Gasteiger partial charge is 0.220 e. The number of nitrogens with two attached hydrogens (primary N) is 1. The van der Waals surface area contributed by atoms with Gasteiger partial charge in [-0.05, 0) is 25.7 Å². The Morgan fingerprint density at radius 1 is 1.35 bits per heavy atom. The van der Waals surface area contributed by atoms with Gasteiger partial charge >= 0.3 is 0 Å². The fourth-order valence-corrected chi connectivity index (χ4v) is 2.34. The quantitative estimate of drug-likeness (QED) is 0.773. The molecule has 102 valence electrons. The van der Waals surface area contributed by atoms with E-state index in [1.54, 1.807) is 0 Å². The molecule has 1 rings (SSSR count). The standard InChI is InChI=1S/C13H26N2O.ClH/c1-11(14)7-8-13(16)15-10-9-12-5-3-2-4-6-12;/h11-12H,2-10,14H2,1H3,(H,15,16);1H. The van der Waals surface area contributed by atoms with Gasteiger partial charge in [-0.25, -0.2) is 0 Å². The maximum atomic E-state index is 11.4. The van der Waals surface area contributed by atoms with Crippen LogP contribution in [0.4, 0.5) is 0 Å². The number of nitrogens with one attached hydrogen (secondary N) is 1. The van der Waals surface area contributed by atoms with E-state index in [-0.39, 0.29) is 24.4 Å². The third-order valence-corrected chi connectivity index (χ3v) is 3.43. The number of amides is 1. The van der Waals surface area contributed by atoms with E-state index >= 15 is 0 Å². The van der Waals surface area contributed by atoms with Gasteiger partial charge in [-0.15, -0.1) is 12.4 Å². The Balaban J connectivity index is 0.00000256. The van der Waals surface area contributed by atoms with E-state index in [0.717, 1.165) is 25.3 Å². The molecule has 0 bridgehead atoms. The van der Waals surface area contributed by atoms with Crippen LogP contribution in [0.25, 0.3) is 0 Å². The minimum absolute atomic E-state index is 0. The molecule has 0 heterocycles. The lowest BCUT2D eigenvalue weighted by Crippen LogP contribution is -2.28. The fourth-order valence-electron chi connectivity index (χ4n) is 2.34. The molecule has 0 aromatic carbocycles. The van der Waals surface area contributed by atoms with Crippen LogP contribution in [-0.2, 0) is 4.79 Å². The Bertz CT molecular complexity index is 204. The van der Waals surface area contributed by atoms with Crippen LogP contribution in [0, 0.1) is 5.92 Å². The zero-order valence-electron chi connectivity index (χ0n) is 10.9. The van der Waals surface area contributed by atoms with Crippen molar-refractivity contribution in [2.24, 2.45) is 11.7 Å². The molecule has 1 unspecified atom stereocenters. The van der Waals surface area contributed by atoms with E-state index in [1.165, 1.54) is 32.1 Å². The molecule has 0 aliphatic heterocycles. The Morgan fingerprint density at radius 3 is 2.59 bits per heavy atom. The Morgan fingerprint density at radius 2 is 2.00 bits per heavy atom. The van der Waals surface area contributed by atoms with E-state index in [0.29, 0.717) is 6.42 Å². The van der Waals surface area contributed by atoms with Gasteiger partial charge < -0.3 is 11.1 Å². The Kier molecular flexibility index (Phi) is 9.56. The summed E-state index contributed by atoms with van der Waals surface area (Å²) in [7, 11) is 0. The summed E-state index contributed by atoms with van der Waals surface area (Å²) < 4.78 is 0. The SMILES string of the molecule is CC(N)CCC(=O)NCCC1CCCCC1.Cl. The predicted octanol–water partition coefficient (Wildman–Crippen LogP) is 2.62. The van der Waals surface area contributed by atoms with Gasteiger partial charge in [0.2, 0.25) is 5.91 Å². The van der Waals surface area contributed by atoms with E-state index in [2.05, 4.69) is 5.32 Å². The highest BCUT2D eigenvalue weighted by atomic mass is 35.5. The molecular formula is C13H27ClN2O. The Labute approximate surface area is 111 Å². The van der Waals surface area contributed by atoms with Crippen LogP contribution in [0.1, 0.15) is 58.3 Å². The van der Waals surface area contributed by atoms with Gasteiger partial charge in [-0.1, -0.05) is 32.1 Å². The minimum Gasteiger partial charge on any atom is -0.356 e. The summed E-state index contributed by atoms with van der Waals surface area (Å²) >= 11 is 0. The third kappa shape index (κ3) is 8.44. The molecule has 0 saturated heterocycles. The van der Waals surface area contributed by atoms with E-state index in [9.17, 15) is 4.79 Å². The highest BCUT2D eigenvalue weighted by Gasteiger charge is 2.13. The molecule has 0 radical (unpaired) electrons. The highest BCUT2D eigenvalue weighted by Crippen LogP contribution is 2.25. The van der Waals surface area contributed by atoms with Crippen molar-refractivity contribution in [3.63, 3.8) is 0 Å². The second kappa shape index (κ2) is 9.72. The highest BCUT2D eigenvalue weighted by molar-refractivity contribution is 5.85. The van der Waals surface area contributed by atoms with Gasteiger partial charge in [-0.2, -0.15) is 0 Å². The maximum Gasteiger partial charge on any atom is 0.220 e. The molecule has 1 atom stereocenters. The largest absolute Gasteiger partial charge is 0.356 e. The molecule has 0 aromatic heterocycles. The minimum atomic E-state index is 0. The molecular weight excluding hydrogens is 236 g/mol. The van der Waals surface area contributed by atoms with Gasteiger partial charge in [0.1, 0.15) is 0 Å². The second-order valence-electron chi connectivity index (χ2n) is 5.16. The molecule has 1 fully saturated rings. The van der Waals surface area contributed by atoms with Crippen LogP contribution < -0.4 is 11.1 Å². The predicted molar refractivity (Wildman–Crippen MR) is 74.3 cm³/mol. The van der Waals surface area contributed by atoms with Crippen LogP contribution >= 0.6 is 12.4 Å². The molecule has 1 aliphatic rings. The molecule has 1 amide bonds. The van der Waals surface area contributed by atoms with Gasteiger partial charge in [0.25, 0.3) is 0 Å². The summed E-state index contributed by atoms with van der Waals surface area (Å²) in [5, 5.41) is 2.99. The van der Waals surface area contributed by atoms with Crippen molar-refractivity contribution in [3.05, 3.63) is 0 Å². The molecule has 0 aromatic rings. The third-order valence-electron chi connectivity index (χ3n) is 3.43. The molecule has 17 heavy (non-hydrogen) atoms. The number of carbonyl (C=O) groups is 1. The number of rotatable bonds is 6. The van der Waals surface area contributed by atoms with Crippen molar-refractivity contribution in [3.8, 4) is 0 Å². The van der Waals surface area contributed by atoms with Gasteiger partial charge in [0.05, 0.1) is 0 Å². The van der Waals surface area contributed by atoms with Crippen LogP contribution in [0.15, 0.2) is 0 Å². The number of carbonyl (C=O) groups excluding carboxylic acids is 1.